The van der Waals surface area contributed by atoms with E-state index in [-0.39, 0.29) is 0 Å². The van der Waals surface area contributed by atoms with Gasteiger partial charge in [0.25, 0.3) is 0 Å². The zero-order chi connectivity index (χ0) is 9.97. The number of halogens is 1. The summed E-state index contributed by atoms with van der Waals surface area (Å²) in [5, 5.41) is 1.04. The van der Waals surface area contributed by atoms with E-state index in [0.717, 1.165) is 17.7 Å². The van der Waals surface area contributed by atoms with Gasteiger partial charge in [-0.15, -0.1) is 0 Å². The lowest BCUT2D eigenvalue weighted by Gasteiger charge is -2.25. The first-order chi connectivity index (χ1) is 6.83. The number of aryl methyl sites for hydroxylation is 1. The van der Waals surface area contributed by atoms with Crippen LogP contribution in [0.4, 0.5) is 5.82 Å². The molecule has 14 heavy (non-hydrogen) atoms. The maximum absolute atomic E-state index is 4.46. The number of pyridine rings is 1. The molecule has 1 fully saturated rings. The van der Waals surface area contributed by atoms with Crippen LogP contribution in [0.15, 0.2) is 18.3 Å². The van der Waals surface area contributed by atoms with E-state index in [9.17, 15) is 0 Å². The average Bonchev–Trinajstić information content (AvgIpc) is 2.66. The second kappa shape index (κ2) is 4.30. The van der Waals surface area contributed by atoms with Crippen LogP contribution in [0.1, 0.15) is 18.4 Å². The molecular formula is C11H15BrN2. The van der Waals surface area contributed by atoms with Crippen molar-refractivity contribution >= 4 is 21.7 Å². The summed E-state index contributed by atoms with van der Waals surface area (Å²) in [6, 6.07) is 4.76. The summed E-state index contributed by atoms with van der Waals surface area (Å²) in [5.74, 6) is 1.16. The van der Waals surface area contributed by atoms with Crippen molar-refractivity contribution in [2.24, 2.45) is 0 Å². The SMILES string of the molecule is Cc1cccnc1N1CCCC1CBr. The molecule has 0 radical (unpaired) electrons. The van der Waals surface area contributed by atoms with Gasteiger partial charge in [-0.05, 0) is 31.4 Å². The van der Waals surface area contributed by atoms with Gasteiger partial charge < -0.3 is 4.90 Å². The molecule has 1 saturated heterocycles. The molecule has 1 aromatic heterocycles. The minimum Gasteiger partial charge on any atom is -0.353 e. The molecule has 3 heteroatoms. The molecule has 0 aliphatic carbocycles. The third-order valence-corrected chi connectivity index (χ3v) is 3.56. The molecule has 0 N–H and O–H groups in total. The average molecular weight is 255 g/mol. The number of nitrogens with zero attached hydrogens (tertiary/aromatic N) is 2. The quantitative estimate of drug-likeness (QED) is 0.755. The summed E-state index contributed by atoms with van der Waals surface area (Å²) in [7, 11) is 0. The highest BCUT2D eigenvalue weighted by atomic mass is 79.9. The molecule has 2 rings (SSSR count). The number of hydrogen-bond acceptors (Lipinski definition) is 2. The number of rotatable bonds is 2. The first kappa shape index (κ1) is 9.97. The van der Waals surface area contributed by atoms with E-state index in [0.29, 0.717) is 6.04 Å². The van der Waals surface area contributed by atoms with Gasteiger partial charge in [0.05, 0.1) is 0 Å². The van der Waals surface area contributed by atoms with Gasteiger partial charge in [0, 0.05) is 24.1 Å². The molecule has 1 atom stereocenters. The van der Waals surface area contributed by atoms with Crippen molar-refractivity contribution in [3.05, 3.63) is 23.9 Å². The van der Waals surface area contributed by atoms with Crippen molar-refractivity contribution in [2.45, 2.75) is 25.8 Å². The molecule has 1 aromatic rings. The minimum absolute atomic E-state index is 0.628. The predicted octanol–water partition coefficient (Wildman–Crippen LogP) is 2.75. The second-order valence-electron chi connectivity index (χ2n) is 3.79. The fourth-order valence-electron chi connectivity index (χ4n) is 2.05. The van der Waals surface area contributed by atoms with E-state index in [1.54, 1.807) is 0 Å². The lowest BCUT2D eigenvalue weighted by Crippen LogP contribution is -2.31. The smallest absolute Gasteiger partial charge is 0.131 e. The first-order valence-electron chi connectivity index (χ1n) is 5.07. The molecule has 1 aliphatic heterocycles. The Bertz CT molecular complexity index is 314. The number of aromatic nitrogens is 1. The fraction of sp³-hybridized carbons (Fsp3) is 0.545. The molecule has 2 nitrogen and oxygen atoms in total. The van der Waals surface area contributed by atoms with Gasteiger partial charge >= 0.3 is 0 Å². The van der Waals surface area contributed by atoms with Gasteiger partial charge in [-0.1, -0.05) is 22.0 Å². The first-order valence-corrected chi connectivity index (χ1v) is 6.19. The molecule has 1 unspecified atom stereocenters. The van der Waals surface area contributed by atoms with E-state index >= 15 is 0 Å². The zero-order valence-corrected chi connectivity index (χ0v) is 10.00. The van der Waals surface area contributed by atoms with Crippen LogP contribution in [0.2, 0.25) is 0 Å². The molecule has 76 valence electrons. The van der Waals surface area contributed by atoms with Crippen LogP contribution in [-0.4, -0.2) is 22.9 Å². The van der Waals surface area contributed by atoms with Crippen molar-refractivity contribution < 1.29 is 0 Å². The third-order valence-electron chi connectivity index (χ3n) is 2.81. The van der Waals surface area contributed by atoms with Crippen LogP contribution in [0.25, 0.3) is 0 Å². The van der Waals surface area contributed by atoms with Gasteiger partial charge in [0.1, 0.15) is 5.82 Å². The standard InChI is InChI=1S/C11H15BrN2/c1-9-4-2-6-13-11(9)14-7-3-5-10(14)8-12/h2,4,6,10H,3,5,7-8H2,1H3. The molecule has 0 saturated carbocycles. The number of hydrogen-bond donors (Lipinski definition) is 0. The van der Waals surface area contributed by atoms with Crippen LogP contribution in [0.5, 0.6) is 0 Å². The summed E-state index contributed by atoms with van der Waals surface area (Å²) in [4.78, 5) is 6.88. The highest BCUT2D eigenvalue weighted by Gasteiger charge is 2.25. The van der Waals surface area contributed by atoms with Crippen LogP contribution in [0, 0.1) is 6.92 Å². The number of alkyl halides is 1. The molecule has 2 heterocycles. The highest BCUT2D eigenvalue weighted by molar-refractivity contribution is 9.09. The monoisotopic (exact) mass is 254 g/mol. The van der Waals surface area contributed by atoms with Crippen LogP contribution < -0.4 is 4.90 Å². The van der Waals surface area contributed by atoms with E-state index in [4.69, 9.17) is 0 Å². The van der Waals surface area contributed by atoms with Crippen molar-refractivity contribution in [3.8, 4) is 0 Å². The summed E-state index contributed by atoms with van der Waals surface area (Å²) in [6.07, 6.45) is 4.44. The molecule has 0 aromatic carbocycles. The molecule has 1 aliphatic rings. The Morgan fingerprint density at radius 2 is 2.50 bits per heavy atom. The van der Waals surface area contributed by atoms with Gasteiger partial charge in [-0.3, -0.25) is 0 Å². The normalized spacial score (nSPS) is 21.6. The van der Waals surface area contributed by atoms with Crippen molar-refractivity contribution in [3.63, 3.8) is 0 Å². The third kappa shape index (κ3) is 1.78. The Balaban J connectivity index is 2.26. The Kier molecular flexibility index (Phi) is 3.06. The van der Waals surface area contributed by atoms with Crippen molar-refractivity contribution in [1.82, 2.24) is 4.98 Å². The maximum Gasteiger partial charge on any atom is 0.131 e. The van der Waals surface area contributed by atoms with E-state index in [1.165, 1.54) is 18.4 Å². The van der Waals surface area contributed by atoms with E-state index in [1.807, 2.05) is 12.3 Å². The van der Waals surface area contributed by atoms with E-state index in [2.05, 4.69) is 38.8 Å². The van der Waals surface area contributed by atoms with Gasteiger partial charge in [0.15, 0.2) is 0 Å². The molecule has 0 spiro atoms. The summed E-state index contributed by atoms with van der Waals surface area (Å²) in [6.45, 7) is 3.28. The zero-order valence-electron chi connectivity index (χ0n) is 8.41. The van der Waals surface area contributed by atoms with Gasteiger partial charge in [-0.25, -0.2) is 4.98 Å². The predicted molar refractivity (Wildman–Crippen MR) is 63.1 cm³/mol. The van der Waals surface area contributed by atoms with Crippen LogP contribution in [-0.2, 0) is 0 Å². The lowest BCUT2D eigenvalue weighted by atomic mass is 10.2. The Morgan fingerprint density at radius 1 is 1.64 bits per heavy atom. The summed E-state index contributed by atoms with van der Waals surface area (Å²) in [5.41, 5.74) is 1.28. The molecular weight excluding hydrogens is 240 g/mol. The summed E-state index contributed by atoms with van der Waals surface area (Å²) >= 11 is 3.57. The van der Waals surface area contributed by atoms with Gasteiger partial charge in [0.2, 0.25) is 0 Å². The topological polar surface area (TPSA) is 16.1 Å². The maximum atomic E-state index is 4.46. The highest BCUT2D eigenvalue weighted by Crippen LogP contribution is 2.26. The van der Waals surface area contributed by atoms with Crippen LogP contribution in [0.3, 0.4) is 0 Å². The fourth-order valence-corrected chi connectivity index (χ4v) is 2.73. The van der Waals surface area contributed by atoms with Gasteiger partial charge in [-0.2, -0.15) is 0 Å². The van der Waals surface area contributed by atoms with Crippen LogP contribution >= 0.6 is 15.9 Å². The minimum atomic E-state index is 0.628. The van der Waals surface area contributed by atoms with E-state index < -0.39 is 0 Å². The van der Waals surface area contributed by atoms with Crippen molar-refractivity contribution in [1.29, 1.82) is 0 Å². The Hall–Kier alpha value is -0.570. The number of anilines is 1. The second-order valence-corrected chi connectivity index (χ2v) is 4.44. The summed E-state index contributed by atoms with van der Waals surface area (Å²) < 4.78 is 0. The Morgan fingerprint density at radius 3 is 3.21 bits per heavy atom. The van der Waals surface area contributed by atoms with Crippen molar-refractivity contribution in [2.75, 3.05) is 16.8 Å². The molecule has 0 bridgehead atoms. The largest absolute Gasteiger partial charge is 0.353 e. The lowest BCUT2D eigenvalue weighted by molar-refractivity contribution is 0.739. The Labute approximate surface area is 93.5 Å². The molecule has 0 amide bonds.